The van der Waals surface area contributed by atoms with Crippen LogP contribution in [0.1, 0.15) is 11.1 Å². The van der Waals surface area contributed by atoms with Crippen LogP contribution >= 0.6 is 23.5 Å². The van der Waals surface area contributed by atoms with Crippen molar-refractivity contribution in [2.45, 2.75) is 21.3 Å². The van der Waals surface area contributed by atoms with Gasteiger partial charge in [0.15, 0.2) is 0 Å². The largest absolute Gasteiger partial charge is 0.507 e. The normalized spacial score (nSPS) is 10.9. The molecule has 1 N–H and O–H groups in total. The van der Waals surface area contributed by atoms with Crippen LogP contribution < -0.4 is 0 Å². The first-order chi connectivity index (χ1) is 17.2. The number of thioether (sulfide) groups is 2. The molecule has 0 atom stereocenters. The molecule has 5 rings (SSSR count). The van der Waals surface area contributed by atoms with E-state index in [1.165, 1.54) is 20.9 Å². The van der Waals surface area contributed by atoms with Crippen molar-refractivity contribution in [3.63, 3.8) is 0 Å². The fraction of sp³-hybridized carbons (Fsp3) is 0.0625. The Morgan fingerprint density at radius 1 is 0.457 bits per heavy atom. The van der Waals surface area contributed by atoms with E-state index in [2.05, 4.69) is 109 Å². The van der Waals surface area contributed by atoms with E-state index in [-0.39, 0.29) is 0 Å². The Morgan fingerprint density at radius 2 is 0.971 bits per heavy atom. The van der Waals surface area contributed by atoms with Gasteiger partial charge < -0.3 is 5.11 Å². The Morgan fingerprint density at radius 3 is 1.57 bits per heavy atom. The van der Waals surface area contributed by atoms with E-state index in [0.717, 1.165) is 33.8 Å². The summed E-state index contributed by atoms with van der Waals surface area (Å²) in [6.07, 6.45) is 0. The lowest BCUT2D eigenvalue weighted by atomic mass is 9.98. The van der Waals surface area contributed by atoms with E-state index in [9.17, 15) is 5.11 Å². The summed E-state index contributed by atoms with van der Waals surface area (Å²) in [7, 11) is 0. The molecular formula is C32H26OS2. The van der Waals surface area contributed by atoms with Crippen molar-refractivity contribution in [1.29, 1.82) is 0 Å². The summed E-state index contributed by atoms with van der Waals surface area (Å²) in [6.45, 7) is 0. The van der Waals surface area contributed by atoms with Crippen LogP contribution in [0.2, 0.25) is 0 Å². The Bertz CT molecular complexity index is 1400. The van der Waals surface area contributed by atoms with Gasteiger partial charge in [0.2, 0.25) is 0 Å². The second-order valence-corrected chi connectivity index (χ2v) is 10.4. The number of phenolic OH excluding ortho intramolecular Hbond substituents is 1. The lowest BCUT2D eigenvalue weighted by Gasteiger charge is -2.11. The van der Waals surface area contributed by atoms with Crippen LogP contribution in [-0.2, 0) is 11.5 Å². The number of hydrogen-bond donors (Lipinski definition) is 1. The molecule has 0 saturated heterocycles. The van der Waals surface area contributed by atoms with Gasteiger partial charge >= 0.3 is 0 Å². The topological polar surface area (TPSA) is 20.2 Å². The molecule has 0 aromatic heterocycles. The minimum atomic E-state index is 0.300. The summed E-state index contributed by atoms with van der Waals surface area (Å²) >= 11 is 3.65. The van der Waals surface area contributed by atoms with Gasteiger partial charge in [0.25, 0.3) is 0 Å². The third kappa shape index (κ3) is 6.19. The van der Waals surface area contributed by atoms with Crippen LogP contribution in [-0.4, -0.2) is 5.11 Å². The Kier molecular flexibility index (Phi) is 7.57. The molecule has 35 heavy (non-hydrogen) atoms. The zero-order chi connectivity index (χ0) is 23.9. The molecule has 0 radical (unpaired) electrons. The molecule has 0 bridgehead atoms. The summed E-state index contributed by atoms with van der Waals surface area (Å²) in [6, 6.07) is 44.0. The van der Waals surface area contributed by atoms with Crippen molar-refractivity contribution in [3.8, 4) is 28.0 Å². The molecule has 0 spiro atoms. The average Bonchev–Trinajstić information content (AvgIpc) is 2.92. The molecule has 5 aromatic carbocycles. The number of hydrogen-bond acceptors (Lipinski definition) is 3. The molecule has 0 saturated carbocycles. The van der Waals surface area contributed by atoms with Gasteiger partial charge in [-0.1, -0.05) is 91.0 Å². The molecule has 172 valence electrons. The molecule has 0 aliphatic rings. The third-order valence-electron chi connectivity index (χ3n) is 5.81. The van der Waals surface area contributed by atoms with Gasteiger partial charge in [0, 0.05) is 26.9 Å². The summed E-state index contributed by atoms with van der Waals surface area (Å²) in [5.74, 6) is 2.16. The highest BCUT2D eigenvalue weighted by Crippen LogP contribution is 2.36. The first-order valence-electron chi connectivity index (χ1n) is 11.6. The molecule has 0 aliphatic heterocycles. The summed E-state index contributed by atoms with van der Waals surface area (Å²) in [5, 5.41) is 10.7. The molecule has 5 aromatic rings. The van der Waals surface area contributed by atoms with Crippen molar-refractivity contribution in [2.75, 3.05) is 0 Å². The quantitative estimate of drug-likeness (QED) is 0.219. The van der Waals surface area contributed by atoms with Gasteiger partial charge in [-0.2, -0.15) is 0 Å². The molecular weight excluding hydrogens is 464 g/mol. The lowest BCUT2D eigenvalue weighted by Crippen LogP contribution is -1.85. The van der Waals surface area contributed by atoms with Gasteiger partial charge in [-0.15, -0.1) is 23.5 Å². The number of phenols is 1. The minimum absolute atomic E-state index is 0.300. The second-order valence-electron chi connectivity index (χ2n) is 8.34. The van der Waals surface area contributed by atoms with Crippen LogP contribution in [0.3, 0.4) is 0 Å². The highest BCUT2D eigenvalue weighted by molar-refractivity contribution is 7.98. The molecule has 0 unspecified atom stereocenters. The van der Waals surface area contributed by atoms with E-state index < -0.39 is 0 Å². The monoisotopic (exact) mass is 490 g/mol. The van der Waals surface area contributed by atoms with Crippen LogP contribution in [0.15, 0.2) is 137 Å². The molecule has 3 heteroatoms. The predicted molar refractivity (Wildman–Crippen MR) is 151 cm³/mol. The smallest absolute Gasteiger partial charge is 0.123 e. The first kappa shape index (κ1) is 23.3. The lowest BCUT2D eigenvalue weighted by molar-refractivity contribution is 0.477. The highest BCUT2D eigenvalue weighted by atomic mass is 32.2. The maximum atomic E-state index is 10.7. The van der Waals surface area contributed by atoms with Gasteiger partial charge in [0.1, 0.15) is 5.75 Å². The zero-order valence-corrected chi connectivity index (χ0v) is 20.9. The fourth-order valence-electron chi connectivity index (χ4n) is 3.95. The SMILES string of the molecule is Oc1ccc(-c2cccc(SCc3ccccc3)c2)cc1-c1cccc(SCc2ccccc2)c1. The molecule has 0 amide bonds. The van der Waals surface area contributed by atoms with Crippen molar-refractivity contribution >= 4 is 23.5 Å². The van der Waals surface area contributed by atoms with E-state index in [4.69, 9.17) is 0 Å². The Balaban J connectivity index is 1.35. The third-order valence-corrected chi connectivity index (χ3v) is 7.94. The molecule has 0 heterocycles. The molecule has 1 nitrogen and oxygen atoms in total. The Labute approximate surface area is 215 Å². The van der Waals surface area contributed by atoms with Crippen LogP contribution in [0.4, 0.5) is 0 Å². The summed E-state index contributed by atoms with van der Waals surface area (Å²) in [5.41, 5.74) is 6.75. The Hall–Kier alpha value is -3.40. The maximum absolute atomic E-state index is 10.7. The number of aromatic hydroxyl groups is 1. The van der Waals surface area contributed by atoms with E-state index >= 15 is 0 Å². The second kappa shape index (κ2) is 11.4. The first-order valence-corrected chi connectivity index (χ1v) is 13.6. The van der Waals surface area contributed by atoms with E-state index in [1.54, 1.807) is 6.07 Å². The predicted octanol–water partition coefficient (Wildman–Crippen LogP) is 9.31. The van der Waals surface area contributed by atoms with Crippen molar-refractivity contribution in [3.05, 3.63) is 139 Å². The standard InChI is InChI=1S/C32H26OS2/c33-32-18-17-27(26-13-7-15-29(19-26)34-22-24-9-3-1-4-10-24)21-31(32)28-14-8-16-30(20-28)35-23-25-11-5-2-6-12-25/h1-21,33H,22-23H2. The summed E-state index contributed by atoms with van der Waals surface area (Å²) < 4.78 is 0. The van der Waals surface area contributed by atoms with Gasteiger partial charge in [0.05, 0.1) is 0 Å². The van der Waals surface area contributed by atoms with Crippen molar-refractivity contribution in [1.82, 2.24) is 0 Å². The van der Waals surface area contributed by atoms with Gasteiger partial charge in [-0.3, -0.25) is 0 Å². The number of rotatable bonds is 8. The van der Waals surface area contributed by atoms with Crippen LogP contribution in [0.5, 0.6) is 5.75 Å². The minimum Gasteiger partial charge on any atom is -0.507 e. The van der Waals surface area contributed by atoms with Gasteiger partial charge in [-0.25, -0.2) is 0 Å². The summed E-state index contributed by atoms with van der Waals surface area (Å²) in [4.78, 5) is 2.43. The zero-order valence-electron chi connectivity index (χ0n) is 19.3. The fourth-order valence-corrected chi connectivity index (χ4v) is 5.77. The maximum Gasteiger partial charge on any atom is 0.123 e. The number of benzene rings is 5. The molecule has 0 aliphatic carbocycles. The van der Waals surface area contributed by atoms with Crippen LogP contribution in [0, 0.1) is 0 Å². The van der Waals surface area contributed by atoms with Crippen molar-refractivity contribution in [2.24, 2.45) is 0 Å². The average molecular weight is 491 g/mol. The van der Waals surface area contributed by atoms with Gasteiger partial charge in [-0.05, 0) is 64.2 Å². The van der Waals surface area contributed by atoms with E-state index in [1.807, 2.05) is 35.7 Å². The van der Waals surface area contributed by atoms with Crippen molar-refractivity contribution < 1.29 is 5.11 Å². The molecule has 0 fully saturated rings. The van der Waals surface area contributed by atoms with Crippen LogP contribution in [0.25, 0.3) is 22.3 Å². The highest BCUT2D eigenvalue weighted by Gasteiger charge is 2.09. The van der Waals surface area contributed by atoms with E-state index in [0.29, 0.717) is 5.75 Å².